The number of amides is 1. The third-order valence-electron chi connectivity index (χ3n) is 3.20. The highest BCUT2D eigenvalue weighted by Gasteiger charge is 2.25. The largest absolute Gasteiger partial charge is 0.481 e. The summed E-state index contributed by atoms with van der Waals surface area (Å²) in [6.45, 7) is 3.82. The molecule has 1 aromatic carbocycles. The summed E-state index contributed by atoms with van der Waals surface area (Å²) in [7, 11) is 0. The standard InChI is InChI=1S/C16H19NO4/c1-4-10-21-13-8-6-12(7-9-13)15(18)17-14(16(19)20)11(3)5-2/h1,6-9,11,14H,5,10H2,2-3H3,(H,17,18)(H,19,20). The van der Waals surface area contributed by atoms with Gasteiger partial charge in [-0.05, 0) is 30.2 Å². The van der Waals surface area contributed by atoms with Crippen LogP contribution in [0.1, 0.15) is 30.6 Å². The number of rotatable bonds is 7. The molecule has 2 unspecified atom stereocenters. The number of carboxylic acid groups (broad SMARTS) is 1. The van der Waals surface area contributed by atoms with Crippen LogP contribution in [-0.4, -0.2) is 29.6 Å². The highest BCUT2D eigenvalue weighted by atomic mass is 16.5. The van der Waals surface area contributed by atoms with Crippen LogP contribution in [0.4, 0.5) is 0 Å². The molecule has 112 valence electrons. The first-order valence-corrected chi connectivity index (χ1v) is 6.69. The van der Waals surface area contributed by atoms with E-state index in [4.69, 9.17) is 16.3 Å². The number of ether oxygens (including phenoxy) is 1. The number of carbonyl (C=O) groups is 2. The second-order valence-corrected chi connectivity index (χ2v) is 4.69. The van der Waals surface area contributed by atoms with Gasteiger partial charge < -0.3 is 15.2 Å². The molecule has 5 nitrogen and oxygen atoms in total. The molecule has 1 rings (SSSR count). The minimum atomic E-state index is -1.04. The Kier molecular flexibility index (Phi) is 6.28. The molecule has 0 saturated carbocycles. The maximum absolute atomic E-state index is 12.1. The van der Waals surface area contributed by atoms with Gasteiger partial charge in [0.2, 0.25) is 0 Å². The summed E-state index contributed by atoms with van der Waals surface area (Å²) in [5.41, 5.74) is 0.373. The van der Waals surface area contributed by atoms with Crippen LogP contribution in [0, 0.1) is 18.3 Å². The molecule has 0 aromatic heterocycles. The molecule has 0 aliphatic heterocycles. The van der Waals surface area contributed by atoms with Crippen molar-refractivity contribution in [2.45, 2.75) is 26.3 Å². The number of nitrogens with one attached hydrogen (secondary N) is 1. The highest BCUT2D eigenvalue weighted by Crippen LogP contribution is 2.13. The van der Waals surface area contributed by atoms with Crippen molar-refractivity contribution in [1.29, 1.82) is 0 Å². The summed E-state index contributed by atoms with van der Waals surface area (Å²) < 4.78 is 5.20. The summed E-state index contributed by atoms with van der Waals surface area (Å²) in [5, 5.41) is 11.7. The number of terminal acetylenes is 1. The minimum Gasteiger partial charge on any atom is -0.481 e. The molecular formula is C16H19NO4. The lowest BCUT2D eigenvalue weighted by atomic mass is 9.99. The Morgan fingerprint density at radius 2 is 2.00 bits per heavy atom. The van der Waals surface area contributed by atoms with Crippen LogP contribution in [0.25, 0.3) is 0 Å². The van der Waals surface area contributed by atoms with E-state index in [1.807, 2.05) is 6.92 Å². The molecule has 1 aromatic rings. The zero-order valence-corrected chi connectivity index (χ0v) is 12.1. The first-order valence-electron chi connectivity index (χ1n) is 6.69. The van der Waals surface area contributed by atoms with Crippen molar-refractivity contribution < 1.29 is 19.4 Å². The fourth-order valence-electron chi connectivity index (χ4n) is 1.74. The van der Waals surface area contributed by atoms with Crippen molar-refractivity contribution in [1.82, 2.24) is 5.32 Å². The Labute approximate surface area is 124 Å². The summed E-state index contributed by atoms with van der Waals surface area (Å²) in [6.07, 6.45) is 5.75. The second-order valence-electron chi connectivity index (χ2n) is 4.69. The van der Waals surface area contributed by atoms with Gasteiger partial charge >= 0.3 is 5.97 Å². The van der Waals surface area contributed by atoms with E-state index in [-0.39, 0.29) is 12.5 Å². The van der Waals surface area contributed by atoms with E-state index in [2.05, 4.69) is 11.2 Å². The van der Waals surface area contributed by atoms with E-state index in [1.165, 1.54) is 0 Å². The molecule has 5 heteroatoms. The Balaban J connectivity index is 2.74. The van der Waals surface area contributed by atoms with Crippen LogP contribution in [0.3, 0.4) is 0 Å². The lowest BCUT2D eigenvalue weighted by molar-refractivity contribution is -0.140. The average Bonchev–Trinajstić information content (AvgIpc) is 2.49. The van der Waals surface area contributed by atoms with Gasteiger partial charge in [0.15, 0.2) is 0 Å². The van der Waals surface area contributed by atoms with Crippen LogP contribution in [0.5, 0.6) is 5.75 Å². The first-order chi connectivity index (χ1) is 9.99. The number of benzene rings is 1. The van der Waals surface area contributed by atoms with Gasteiger partial charge in [0.25, 0.3) is 5.91 Å². The van der Waals surface area contributed by atoms with Crippen LogP contribution in [0.15, 0.2) is 24.3 Å². The normalized spacial score (nSPS) is 12.8. The third kappa shape index (κ3) is 4.84. The molecule has 21 heavy (non-hydrogen) atoms. The van der Waals surface area contributed by atoms with E-state index >= 15 is 0 Å². The summed E-state index contributed by atoms with van der Waals surface area (Å²) in [5.74, 6) is 1.29. The van der Waals surface area contributed by atoms with Gasteiger partial charge in [-0.15, -0.1) is 6.42 Å². The lowest BCUT2D eigenvalue weighted by Gasteiger charge is -2.20. The van der Waals surface area contributed by atoms with Crippen LogP contribution >= 0.6 is 0 Å². The molecule has 0 fully saturated rings. The van der Waals surface area contributed by atoms with E-state index in [1.54, 1.807) is 31.2 Å². The molecule has 0 aliphatic carbocycles. The van der Waals surface area contributed by atoms with E-state index in [0.717, 1.165) is 0 Å². The van der Waals surface area contributed by atoms with Crippen molar-refractivity contribution in [2.75, 3.05) is 6.61 Å². The monoisotopic (exact) mass is 289 g/mol. The van der Waals surface area contributed by atoms with Crippen molar-refractivity contribution in [2.24, 2.45) is 5.92 Å². The number of hydrogen-bond acceptors (Lipinski definition) is 3. The van der Waals surface area contributed by atoms with Gasteiger partial charge in [-0.25, -0.2) is 4.79 Å². The fraction of sp³-hybridized carbons (Fsp3) is 0.375. The minimum absolute atomic E-state index is 0.148. The smallest absolute Gasteiger partial charge is 0.326 e. The van der Waals surface area contributed by atoms with Crippen LogP contribution < -0.4 is 10.1 Å². The zero-order chi connectivity index (χ0) is 15.8. The first kappa shape index (κ1) is 16.6. The molecule has 2 atom stereocenters. The summed E-state index contributed by atoms with van der Waals surface area (Å²) in [4.78, 5) is 23.2. The average molecular weight is 289 g/mol. The third-order valence-corrected chi connectivity index (χ3v) is 3.20. The molecule has 2 N–H and O–H groups in total. The SMILES string of the molecule is C#CCOc1ccc(C(=O)NC(C(=O)O)C(C)CC)cc1. The molecule has 0 saturated heterocycles. The molecule has 0 heterocycles. The number of carboxylic acids is 1. The number of carbonyl (C=O) groups excluding carboxylic acids is 1. The van der Waals surface area contributed by atoms with Gasteiger partial charge in [0, 0.05) is 5.56 Å². The Hall–Kier alpha value is -2.48. The lowest BCUT2D eigenvalue weighted by Crippen LogP contribution is -2.45. The predicted octanol–water partition coefficient (Wildman–Crippen LogP) is 1.93. The van der Waals surface area contributed by atoms with Gasteiger partial charge in [0.1, 0.15) is 18.4 Å². The van der Waals surface area contributed by atoms with Crippen LogP contribution in [-0.2, 0) is 4.79 Å². The summed E-state index contributed by atoms with van der Waals surface area (Å²) in [6, 6.07) is 5.46. The van der Waals surface area contributed by atoms with Gasteiger partial charge in [-0.3, -0.25) is 4.79 Å². The number of aliphatic carboxylic acids is 1. The molecule has 0 aliphatic rings. The molecule has 1 amide bonds. The van der Waals surface area contributed by atoms with Crippen molar-refractivity contribution in [3.05, 3.63) is 29.8 Å². The van der Waals surface area contributed by atoms with Gasteiger partial charge in [-0.2, -0.15) is 0 Å². The predicted molar refractivity (Wildman–Crippen MR) is 79.1 cm³/mol. The maximum atomic E-state index is 12.1. The highest BCUT2D eigenvalue weighted by molar-refractivity contribution is 5.96. The van der Waals surface area contributed by atoms with Gasteiger partial charge in [0.05, 0.1) is 0 Å². The fourth-order valence-corrected chi connectivity index (χ4v) is 1.74. The number of hydrogen-bond donors (Lipinski definition) is 2. The van der Waals surface area contributed by atoms with E-state index in [0.29, 0.717) is 17.7 Å². The van der Waals surface area contributed by atoms with Crippen molar-refractivity contribution in [3.8, 4) is 18.1 Å². The Morgan fingerprint density at radius 3 is 2.48 bits per heavy atom. The Morgan fingerprint density at radius 1 is 1.38 bits per heavy atom. The maximum Gasteiger partial charge on any atom is 0.326 e. The van der Waals surface area contributed by atoms with Crippen molar-refractivity contribution >= 4 is 11.9 Å². The van der Waals surface area contributed by atoms with E-state index in [9.17, 15) is 9.59 Å². The molecule has 0 spiro atoms. The van der Waals surface area contributed by atoms with E-state index < -0.39 is 17.9 Å². The summed E-state index contributed by atoms with van der Waals surface area (Å²) >= 11 is 0. The molecule has 0 bridgehead atoms. The van der Waals surface area contributed by atoms with Gasteiger partial charge in [-0.1, -0.05) is 26.2 Å². The Bertz CT molecular complexity index is 530. The zero-order valence-electron chi connectivity index (χ0n) is 12.1. The topological polar surface area (TPSA) is 75.6 Å². The van der Waals surface area contributed by atoms with Crippen molar-refractivity contribution in [3.63, 3.8) is 0 Å². The molecule has 0 radical (unpaired) electrons. The second kappa shape index (κ2) is 7.95. The quantitative estimate of drug-likeness (QED) is 0.752. The van der Waals surface area contributed by atoms with Crippen LogP contribution in [0.2, 0.25) is 0 Å². The molecular weight excluding hydrogens is 270 g/mol.